The summed E-state index contributed by atoms with van der Waals surface area (Å²) in [7, 11) is 2.88. The van der Waals surface area contributed by atoms with Crippen molar-refractivity contribution in [3.8, 4) is 11.5 Å². The highest BCUT2D eigenvalue weighted by Crippen LogP contribution is 2.42. The Hall–Kier alpha value is -4.07. The summed E-state index contributed by atoms with van der Waals surface area (Å²) >= 11 is 0. The number of fused-ring (bicyclic) bond motifs is 1. The Kier molecular flexibility index (Phi) is 5.44. The number of nitro groups is 1. The summed E-state index contributed by atoms with van der Waals surface area (Å²) in [5.41, 5.74) is 2.18. The van der Waals surface area contributed by atoms with Crippen molar-refractivity contribution in [2.45, 2.75) is 12.7 Å². The lowest BCUT2D eigenvalue weighted by atomic mass is 10.0. The summed E-state index contributed by atoms with van der Waals surface area (Å²) in [6.45, 7) is 0.275. The maximum Gasteiger partial charge on any atom is 0.280 e. The molecule has 1 atom stereocenters. The largest absolute Gasteiger partial charge is 0.493 e. The predicted octanol–water partition coefficient (Wildman–Crippen LogP) is 4.38. The van der Waals surface area contributed by atoms with Crippen molar-refractivity contribution in [1.29, 1.82) is 0 Å². The molecule has 3 aromatic carbocycles. The average Bonchev–Trinajstić information content (AvgIpc) is 2.80. The van der Waals surface area contributed by atoms with Gasteiger partial charge in [-0.2, -0.15) is 0 Å². The molecule has 158 valence electrons. The summed E-state index contributed by atoms with van der Waals surface area (Å²) in [6, 6.07) is 19.5. The molecule has 0 radical (unpaired) electrons. The smallest absolute Gasteiger partial charge is 0.280 e. The van der Waals surface area contributed by atoms with Crippen LogP contribution in [0.3, 0.4) is 0 Å². The first-order valence-electron chi connectivity index (χ1n) is 9.64. The van der Waals surface area contributed by atoms with Gasteiger partial charge in [0.2, 0.25) is 0 Å². The molecule has 8 nitrogen and oxygen atoms in total. The van der Waals surface area contributed by atoms with Crippen molar-refractivity contribution >= 4 is 17.3 Å². The van der Waals surface area contributed by atoms with Crippen molar-refractivity contribution in [3.05, 3.63) is 93.5 Å². The Bertz CT molecular complexity index is 1130. The molecule has 0 unspecified atom stereocenters. The fourth-order valence-corrected chi connectivity index (χ4v) is 3.74. The number of hydrogen-bond acceptors (Lipinski definition) is 6. The standard InChI is InChI=1S/C23H21N3O5/c1-30-20-12-17(19(26(28)29)13-21(20)31-2)22-24-18-11-7-6-10-16(18)23(27)25(22)14-15-8-4-3-5-9-15/h3-13,22,24H,14H2,1-2H3/t22-/m1/s1. The lowest BCUT2D eigenvalue weighted by Gasteiger charge is -2.38. The van der Waals surface area contributed by atoms with Crippen LogP contribution in [-0.2, 0) is 6.54 Å². The summed E-state index contributed by atoms with van der Waals surface area (Å²) < 4.78 is 10.6. The lowest BCUT2D eigenvalue weighted by Crippen LogP contribution is -2.42. The van der Waals surface area contributed by atoms with Gasteiger partial charge in [0, 0.05) is 12.2 Å². The minimum Gasteiger partial charge on any atom is -0.493 e. The number of carbonyl (C=O) groups is 1. The monoisotopic (exact) mass is 419 g/mol. The molecule has 1 N–H and O–H groups in total. The SMILES string of the molecule is COc1cc([C@@H]2Nc3ccccc3C(=O)N2Cc2ccccc2)c([N+](=O)[O-])cc1OC. The molecular weight excluding hydrogens is 398 g/mol. The first-order chi connectivity index (χ1) is 15.0. The quantitative estimate of drug-likeness (QED) is 0.471. The third-order valence-electron chi connectivity index (χ3n) is 5.24. The number of nitro benzene ring substituents is 1. The molecule has 0 fully saturated rings. The third-order valence-corrected chi connectivity index (χ3v) is 5.24. The third kappa shape index (κ3) is 3.75. The number of nitrogens with zero attached hydrogens (tertiary/aromatic N) is 2. The zero-order chi connectivity index (χ0) is 22.0. The molecule has 1 aliphatic heterocycles. The number of nitrogens with one attached hydrogen (secondary N) is 1. The Morgan fingerprint density at radius 2 is 1.65 bits per heavy atom. The van der Waals surface area contributed by atoms with Gasteiger partial charge in [0.05, 0.1) is 36.3 Å². The molecule has 1 amide bonds. The average molecular weight is 419 g/mol. The van der Waals surface area contributed by atoms with E-state index in [-0.39, 0.29) is 23.9 Å². The van der Waals surface area contributed by atoms with Crippen LogP contribution in [0.1, 0.15) is 27.7 Å². The van der Waals surface area contributed by atoms with Crippen LogP contribution >= 0.6 is 0 Å². The van der Waals surface area contributed by atoms with E-state index in [0.29, 0.717) is 22.6 Å². The van der Waals surface area contributed by atoms with Crippen LogP contribution < -0.4 is 14.8 Å². The van der Waals surface area contributed by atoms with Crippen molar-refractivity contribution in [2.24, 2.45) is 0 Å². The molecule has 1 aliphatic rings. The Morgan fingerprint density at radius 3 is 2.32 bits per heavy atom. The molecule has 4 rings (SSSR count). The normalized spacial score (nSPS) is 15.1. The highest BCUT2D eigenvalue weighted by atomic mass is 16.6. The molecule has 0 saturated heterocycles. The maximum absolute atomic E-state index is 13.4. The molecule has 0 aliphatic carbocycles. The summed E-state index contributed by atoms with van der Waals surface area (Å²) in [5, 5.41) is 15.2. The number of rotatable bonds is 6. The van der Waals surface area contributed by atoms with E-state index in [9.17, 15) is 14.9 Å². The highest BCUT2D eigenvalue weighted by Gasteiger charge is 2.37. The van der Waals surface area contributed by atoms with E-state index in [1.165, 1.54) is 20.3 Å². The molecule has 0 spiro atoms. The van der Waals surface area contributed by atoms with E-state index in [2.05, 4.69) is 5.32 Å². The van der Waals surface area contributed by atoms with Crippen LogP contribution in [0.25, 0.3) is 0 Å². The van der Waals surface area contributed by atoms with Gasteiger partial charge in [-0.25, -0.2) is 0 Å². The molecular formula is C23H21N3O5. The van der Waals surface area contributed by atoms with E-state index in [1.54, 1.807) is 29.2 Å². The molecule has 0 bridgehead atoms. The van der Waals surface area contributed by atoms with Gasteiger partial charge in [-0.1, -0.05) is 42.5 Å². The van der Waals surface area contributed by atoms with Crippen LogP contribution in [0.5, 0.6) is 11.5 Å². The second-order valence-electron chi connectivity index (χ2n) is 7.03. The summed E-state index contributed by atoms with van der Waals surface area (Å²) in [6.07, 6.45) is -0.775. The minimum absolute atomic E-state index is 0.166. The molecule has 3 aromatic rings. The van der Waals surface area contributed by atoms with Crippen LogP contribution in [-0.4, -0.2) is 29.9 Å². The molecule has 8 heteroatoms. The number of benzene rings is 3. The fourth-order valence-electron chi connectivity index (χ4n) is 3.74. The Morgan fingerprint density at radius 1 is 1.00 bits per heavy atom. The first kappa shape index (κ1) is 20.2. The highest BCUT2D eigenvalue weighted by molar-refractivity contribution is 6.01. The van der Waals surface area contributed by atoms with E-state index in [4.69, 9.17) is 9.47 Å². The minimum atomic E-state index is -0.775. The number of amides is 1. The van der Waals surface area contributed by atoms with Gasteiger partial charge in [-0.3, -0.25) is 14.9 Å². The predicted molar refractivity (Wildman–Crippen MR) is 115 cm³/mol. The Labute approximate surface area is 179 Å². The second kappa shape index (κ2) is 8.35. The van der Waals surface area contributed by atoms with E-state index in [0.717, 1.165) is 5.56 Å². The number of para-hydroxylation sites is 1. The van der Waals surface area contributed by atoms with Crippen LogP contribution in [0.2, 0.25) is 0 Å². The molecule has 0 aromatic heterocycles. The number of carbonyl (C=O) groups excluding carboxylic acids is 1. The van der Waals surface area contributed by atoms with Crippen LogP contribution in [0.4, 0.5) is 11.4 Å². The van der Waals surface area contributed by atoms with Crippen LogP contribution in [0, 0.1) is 10.1 Å². The second-order valence-corrected chi connectivity index (χ2v) is 7.03. The van der Waals surface area contributed by atoms with E-state index < -0.39 is 11.1 Å². The van der Waals surface area contributed by atoms with Crippen molar-refractivity contribution in [3.63, 3.8) is 0 Å². The Balaban J connectivity index is 1.88. The van der Waals surface area contributed by atoms with E-state index >= 15 is 0 Å². The van der Waals surface area contributed by atoms with Gasteiger partial charge in [0.15, 0.2) is 11.5 Å². The van der Waals surface area contributed by atoms with E-state index in [1.807, 2.05) is 36.4 Å². The maximum atomic E-state index is 13.4. The first-order valence-corrected chi connectivity index (χ1v) is 9.64. The van der Waals surface area contributed by atoms with Gasteiger partial charge in [-0.05, 0) is 23.8 Å². The molecule has 1 heterocycles. The van der Waals surface area contributed by atoms with Crippen molar-refractivity contribution < 1.29 is 19.2 Å². The number of anilines is 1. The summed E-state index contributed by atoms with van der Waals surface area (Å²) in [4.78, 5) is 26.4. The summed E-state index contributed by atoms with van der Waals surface area (Å²) in [5.74, 6) is 0.373. The lowest BCUT2D eigenvalue weighted by molar-refractivity contribution is -0.386. The fraction of sp³-hybridized carbons (Fsp3) is 0.174. The van der Waals surface area contributed by atoms with Crippen molar-refractivity contribution in [1.82, 2.24) is 4.90 Å². The van der Waals surface area contributed by atoms with Gasteiger partial charge in [-0.15, -0.1) is 0 Å². The molecule has 0 saturated carbocycles. The number of methoxy groups -OCH3 is 2. The van der Waals surface area contributed by atoms with Gasteiger partial charge in [0.25, 0.3) is 11.6 Å². The van der Waals surface area contributed by atoms with Crippen LogP contribution in [0.15, 0.2) is 66.7 Å². The zero-order valence-electron chi connectivity index (χ0n) is 17.1. The topological polar surface area (TPSA) is 93.9 Å². The number of ether oxygens (including phenoxy) is 2. The van der Waals surface area contributed by atoms with Crippen molar-refractivity contribution in [2.75, 3.05) is 19.5 Å². The number of hydrogen-bond donors (Lipinski definition) is 1. The van der Waals surface area contributed by atoms with Gasteiger partial charge in [0.1, 0.15) is 6.17 Å². The zero-order valence-corrected chi connectivity index (χ0v) is 17.1. The van der Waals surface area contributed by atoms with Gasteiger partial charge < -0.3 is 19.7 Å². The van der Waals surface area contributed by atoms with Gasteiger partial charge >= 0.3 is 0 Å². The molecule has 31 heavy (non-hydrogen) atoms.